The average Bonchev–Trinajstić information content (AvgIpc) is 3.10. The molecular weight excluding hydrogens is 700 g/mol. The maximum Gasteiger partial charge on any atom is 0.317 e. The van der Waals surface area contributed by atoms with Crippen LogP contribution in [0.2, 0.25) is 0 Å². The van der Waals surface area contributed by atoms with Crippen molar-refractivity contribution >= 4 is 5.97 Å². The van der Waals surface area contributed by atoms with Crippen LogP contribution in [0.15, 0.2) is 23.3 Å². The summed E-state index contributed by atoms with van der Waals surface area (Å²) in [6, 6.07) is 0. The molecule has 4 aliphatic heterocycles. The van der Waals surface area contributed by atoms with Crippen LogP contribution >= 0.6 is 0 Å². The van der Waals surface area contributed by atoms with Gasteiger partial charge < -0.3 is 59.4 Å². The maximum atomic E-state index is 13.7. The predicted octanol–water partition coefficient (Wildman–Crippen LogP) is 2.01. The zero-order valence-electron chi connectivity index (χ0n) is 32.7. The van der Waals surface area contributed by atoms with Crippen LogP contribution < -0.4 is 0 Å². The van der Waals surface area contributed by atoms with E-state index in [1.54, 1.807) is 0 Å². The zero-order valence-corrected chi connectivity index (χ0v) is 32.7. The molecule has 54 heavy (non-hydrogen) atoms. The summed E-state index contributed by atoms with van der Waals surface area (Å²) in [5.41, 5.74) is -1.90. The van der Waals surface area contributed by atoms with Crippen LogP contribution in [0.1, 0.15) is 99.8 Å². The second kappa shape index (κ2) is 12.5. The lowest BCUT2D eigenvalue weighted by molar-refractivity contribution is -0.367. The van der Waals surface area contributed by atoms with Crippen molar-refractivity contribution in [1.82, 2.24) is 0 Å². The lowest BCUT2D eigenvalue weighted by Crippen LogP contribution is -2.71. The van der Waals surface area contributed by atoms with Gasteiger partial charge >= 0.3 is 5.97 Å². The summed E-state index contributed by atoms with van der Waals surface area (Å²) < 4.78 is 30.2. The van der Waals surface area contributed by atoms with Crippen LogP contribution in [-0.2, 0) is 28.5 Å². The first-order chi connectivity index (χ1) is 25.1. The first-order valence-corrected chi connectivity index (χ1v) is 20.1. The van der Waals surface area contributed by atoms with Gasteiger partial charge in [-0.3, -0.25) is 4.79 Å². The third-order valence-electron chi connectivity index (χ3n) is 17.1. The fraction of sp³-hybridized carbons (Fsp3) is 0.878. The van der Waals surface area contributed by atoms with E-state index >= 15 is 0 Å². The molecule has 0 aromatic carbocycles. The number of carbonyl (C=O) groups is 1. The average molecular weight is 763 g/mol. The first-order valence-electron chi connectivity index (χ1n) is 20.1. The fourth-order valence-corrected chi connectivity index (χ4v) is 13.3. The molecule has 1 spiro atoms. The normalized spacial score (nSPS) is 56.4. The van der Waals surface area contributed by atoms with Crippen LogP contribution in [0, 0.1) is 38.9 Å². The predicted molar refractivity (Wildman–Crippen MR) is 191 cm³/mol. The summed E-state index contributed by atoms with van der Waals surface area (Å²) in [7, 11) is 0. The molecule has 13 heteroatoms. The highest BCUT2D eigenvalue weighted by molar-refractivity contribution is 5.86. The van der Waals surface area contributed by atoms with E-state index < -0.39 is 78.5 Å². The van der Waals surface area contributed by atoms with Crippen molar-refractivity contribution in [3.05, 3.63) is 23.3 Å². The number of hydrogen-bond acceptors (Lipinski definition) is 13. The molecule has 18 atom stereocenters. The Morgan fingerprint density at radius 2 is 1.52 bits per heavy atom. The second-order valence-electron chi connectivity index (χ2n) is 19.8. The standard InChI is InChI=1S/C41H62O13/c1-35(2)23-10-13-38(5)24(9-8-20-31-40(7,49)39(6)15-17-41(31,34(48)54-39)16-14-37(20,38)4)36(23,3)12-11-25(35)52-33-30(26(44)21(43)19-50-33)53-32-29(47)28(46)27(45)22(18-42)51-32/h8-9,21-30,32-33,42-47,49H,10-19H2,1-7H3/t21-,22+,23-,24+,25-,26-,27+,28-,29+,30+,32-,33-,36-,37+,38+,39-,40-,41+/m0/s1. The summed E-state index contributed by atoms with van der Waals surface area (Å²) in [5, 5.41) is 74.9. The smallest absolute Gasteiger partial charge is 0.317 e. The molecular formula is C41H62O13. The van der Waals surface area contributed by atoms with E-state index in [1.807, 2.05) is 13.8 Å². The van der Waals surface area contributed by atoms with Gasteiger partial charge in [0.2, 0.25) is 0 Å². The van der Waals surface area contributed by atoms with Crippen LogP contribution in [0.5, 0.6) is 0 Å². The van der Waals surface area contributed by atoms with Gasteiger partial charge in [-0.05, 0) is 110 Å². The van der Waals surface area contributed by atoms with Crippen molar-refractivity contribution in [2.24, 2.45) is 38.9 Å². The Hall–Kier alpha value is -1.49. The number of esters is 1. The summed E-state index contributed by atoms with van der Waals surface area (Å²) >= 11 is 0. The minimum atomic E-state index is -1.70. The molecule has 0 radical (unpaired) electrons. The summed E-state index contributed by atoms with van der Waals surface area (Å²) in [6.45, 7) is 14.5. The number of carbonyl (C=O) groups excluding carboxylic acids is 1. The zero-order chi connectivity index (χ0) is 39.2. The van der Waals surface area contributed by atoms with Crippen molar-refractivity contribution < 1.29 is 64.2 Å². The summed E-state index contributed by atoms with van der Waals surface area (Å²) in [6.07, 6.45) is -2.42. The number of fused-ring (bicyclic) bond motifs is 7. The molecule has 304 valence electrons. The molecule has 3 saturated carbocycles. The van der Waals surface area contributed by atoms with Crippen LogP contribution in [0.4, 0.5) is 0 Å². The quantitative estimate of drug-likeness (QED) is 0.158. The minimum absolute atomic E-state index is 0.116. The molecule has 4 saturated heterocycles. The van der Waals surface area contributed by atoms with Gasteiger partial charge in [0.25, 0.3) is 0 Å². The van der Waals surface area contributed by atoms with Crippen LogP contribution in [0.3, 0.4) is 0 Å². The van der Waals surface area contributed by atoms with Gasteiger partial charge in [-0.2, -0.15) is 0 Å². The molecule has 2 bridgehead atoms. The van der Waals surface area contributed by atoms with E-state index in [0.717, 1.165) is 36.8 Å². The molecule has 0 aromatic rings. The Kier molecular flexibility index (Phi) is 9.11. The monoisotopic (exact) mass is 762 g/mol. The number of aliphatic hydroxyl groups excluding tert-OH is 6. The van der Waals surface area contributed by atoms with Gasteiger partial charge in [0.1, 0.15) is 53.9 Å². The molecule has 4 heterocycles. The summed E-state index contributed by atoms with van der Waals surface area (Å²) in [5.74, 6) is 0.255. The van der Waals surface area contributed by atoms with E-state index in [9.17, 15) is 40.5 Å². The third kappa shape index (κ3) is 4.99. The third-order valence-corrected chi connectivity index (χ3v) is 17.1. The Labute approximate surface area is 317 Å². The van der Waals surface area contributed by atoms with Crippen molar-refractivity contribution in [3.63, 3.8) is 0 Å². The molecule has 7 fully saturated rings. The number of rotatable bonds is 5. The highest BCUT2D eigenvalue weighted by Crippen LogP contribution is 2.75. The van der Waals surface area contributed by atoms with Gasteiger partial charge in [0.05, 0.1) is 24.7 Å². The highest BCUT2D eigenvalue weighted by atomic mass is 16.8. The van der Waals surface area contributed by atoms with Crippen molar-refractivity contribution in [1.29, 1.82) is 0 Å². The van der Waals surface area contributed by atoms with Gasteiger partial charge in [-0.1, -0.05) is 46.8 Å². The molecule has 0 amide bonds. The molecule has 5 aliphatic carbocycles. The molecule has 0 unspecified atom stereocenters. The van der Waals surface area contributed by atoms with E-state index in [-0.39, 0.29) is 52.2 Å². The Morgan fingerprint density at radius 3 is 2.20 bits per heavy atom. The summed E-state index contributed by atoms with van der Waals surface area (Å²) in [4.78, 5) is 13.7. The lowest BCUT2D eigenvalue weighted by Gasteiger charge is -2.71. The van der Waals surface area contributed by atoms with Gasteiger partial charge in [-0.25, -0.2) is 0 Å². The molecule has 9 aliphatic rings. The van der Waals surface area contributed by atoms with Gasteiger partial charge in [0.15, 0.2) is 12.6 Å². The first kappa shape index (κ1) is 39.3. The van der Waals surface area contributed by atoms with E-state index in [0.29, 0.717) is 25.7 Å². The van der Waals surface area contributed by atoms with Crippen LogP contribution in [0.25, 0.3) is 0 Å². The highest BCUT2D eigenvalue weighted by Gasteiger charge is 2.73. The largest absolute Gasteiger partial charge is 0.455 e. The molecule has 0 aromatic heterocycles. The van der Waals surface area contributed by atoms with Gasteiger partial charge in [-0.15, -0.1) is 0 Å². The number of hydrogen-bond donors (Lipinski definition) is 7. The fourth-order valence-electron chi connectivity index (χ4n) is 13.3. The second-order valence-corrected chi connectivity index (χ2v) is 19.8. The Bertz CT molecular complexity index is 1590. The topological polar surface area (TPSA) is 205 Å². The number of allylic oxidation sites excluding steroid dienone is 3. The molecule has 9 rings (SSSR count). The molecule has 7 N–H and O–H groups in total. The van der Waals surface area contributed by atoms with Crippen LogP contribution in [-0.4, -0.2) is 128 Å². The van der Waals surface area contributed by atoms with Crippen molar-refractivity contribution in [2.45, 2.75) is 172 Å². The van der Waals surface area contributed by atoms with Gasteiger partial charge in [0, 0.05) is 0 Å². The Balaban J connectivity index is 1.07. The van der Waals surface area contributed by atoms with E-state index in [4.69, 9.17) is 23.7 Å². The Morgan fingerprint density at radius 1 is 0.815 bits per heavy atom. The number of aliphatic hydroxyl groups is 7. The lowest BCUT2D eigenvalue weighted by atomic mass is 9.35. The van der Waals surface area contributed by atoms with Crippen molar-refractivity contribution in [2.75, 3.05) is 13.2 Å². The van der Waals surface area contributed by atoms with E-state index in [2.05, 4.69) is 46.8 Å². The van der Waals surface area contributed by atoms with Crippen molar-refractivity contribution in [3.8, 4) is 0 Å². The SMILES string of the molecule is CC1(C)[C@@H](O[C@@H]2OC[C@H](O)[C@H](O)[C@H]2O[C@@H]2O[C@H](CO)[C@@H](O)[C@H](O)[C@H]2O)CC[C@]2(C)[C@H]3C=CC4=C5[C@]6(CC[C@](C)(OC6=O)[C@@]5(C)O)CC[C@@]4(C)[C@]3(C)CC[C@@H]12. The van der Waals surface area contributed by atoms with E-state index in [1.165, 1.54) is 0 Å². The molecule has 13 nitrogen and oxygen atoms in total. The maximum absolute atomic E-state index is 13.7. The number of ether oxygens (including phenoxy) is 5. The minimum Gasteiger partial charge on any atom is -0.455 e.